The SMILES string of the molecule is C=CCNCc1cccc(OCCCCCC)c1. The van der Waals surface area contributed by atoms with Gasteiger partial charge in [-0.3, -0.25) is 0 Å². The first-order chi connectivity index (χ1) is 8.86. The quantitative estimate of drug-likeness (QED) is 0.500. The van der Waals surface area contributed by atoms with Gasteiger partial charge in [-0.15, -0.1) is 6.58 Å². The third kappa shape index (κ3) is 6.45. The monoisotopic (exact) mass is 247 g/mol. The van der Waals surface area contributed by atoms with E-state index in [0.29, 0.717) is 0 Å². The zero-order valence-corrected chi connectivity index (χ0v) is 11.5. The first-order valence-corrected chi connectivity index (χ1v) is 6.90. The summed E-state index contributed by atoms with van der Waals surface area (Å²) < 4.78 is 5.75. The Morgan fingerprint density at radius 3 is 2.94 bits per heavy atom. The van der Waals surface area contributed by atoms with Crippen molar-refractivity contribution in [3.05, 3.63) is 42.5 Å². The highest BCUT2D eigenvalue weighted by Gasteiger charge is 1.97. The largest absolute Gasteiger partial charge is 0.494 e. The van der Waals surface area contributed by atoms with Gasteiger partial charge in [0, 0.05) is 13.1 Å². The molecule has 0 radical (unpaired) electrons. The number of hydrogen-bond acceptors (Lipinski definition) is 2. The van der Waals surface area contributed by atoms with E-state index < -0.39 is 0 Å². The van der Waals surface area contributed by atoms with E-state index in [2.05, 4.69) is 31.0 Å². The molecule has 1 rings (SSSR count). The molecule has 0 aliphatic carbocycles. The van der Waals surface area contributed by atoms with Crippen LogP contribution in [0.5, 0.6) is 5.75 Å². The van der Waals surface area contributed by atoms with Crippen LogP contribution in [0.4, 0.5) is 0 Å². The molecule has 0 aromatic heterocycles. The zero-order chi connectivity index (χ0) is 13.1. The fourth-order valence-electron chi connectivity index (χ4n) is 1.78. The van der Waals surface area contributed by atoms with Crippen LogP contribution in [0.3, 0.4) is 0 Å². The molecule has 0 bridgehead atoms. The Morgan fingerprint density at radius 2 is 2.17 bits per heavy atom. The van der Waals surface area contributed by atoms with Crippen molar-refractivity contribution >= 4 is 0 Å². The Hall–Kier alpha value is -1.28. The Balaban J connectivity index is 2.27. The number of ether oxygens (including phenoxy) is 1. The predicted octanol–water partition coefficient (Wildman–Crippen LogP) is 3.92. The molecule has 0 unspecified atom stereocenters. The van der Waals surface area contributed by atoms with Crippen LogP contribution in [0.15, 0.2) is 36.9 Å². The second kappa shape index (κ2) is 9.72. The second-order valence-corrected chi connectivity index (χ2v) is 4.48. The maximum atomic E-state index is 5.75. The van der Waals surface area contributed by atoms with Crippen molar-refractivity contribution in [3.63, 3.8) is 0 Å². The van der Waals surface area contributed by atoms with Gasteiger partial charge in [0.1, 0.15) is 5.75 Å². The van der Waals surface area contributed by atoms with Gasteiger partial charge in [-0.2, -0.15) is 0 Å². The Bertz CT molecular complexity index is 336. The second-order valence-electron chi connectivity index (χ2n) is 4.48. The molecule has 1 aromatic carbocycles. The molecule has 0 aliphatic rings. The molecule has 1 N–H and O–H groups in total. The molecule has 0 atom stereocenters. The fourth-order valence-corrected chi connectivity index (χ4v) is 1.78. The minimum Gasteiger partial charge on any atom is -0.494 e. The van der Waals surface area contributed by atoms with Gasteiger partial charge < -0.3 is 10.1 Å². The Morgan fingerprint density at radius 1 is 1.28 bits per heavy atom. The molecule has 0 amide bonds. The summed E-state index contributed by atoms with van der Waals surface area (Å²) in [6.45, 7) is 8.43. The van der Waals surface area contributed by atoms with Crippen LogP contribution >= 0.6 is 0 Å². The van der Waals surface area contributed by atoms with E-state index in [9.17, 15) is 0 Å². The number of unbranched alkanes of at least 4 members (excludes halogenated alkanes) is 3. The summed E-state index contributed by atoms with van der Waals surface area (Å²) in [5, 5.41) is 3.29. The topological polar surface area (TPSA) is 21.3 Å². The van der Waals surface area contributed by atoms with Gasteiger partial charge in [0.25, 0.3) is 0 Å². The molecule has 0 saturated carbocycles. The Kier molecular flexibility index (Phi) is 7.98. The predicted molar refractivity (Wildman–Crippen MR) is 78.0 cm³/mol. The number of rotatable bonds is 10. The van der Waals surface area contributed by atoms with E-state index >= 15 is 0 Å². The van der Waals surface area contributed by atoms with E-state index in [4.69, 9.17) is 4.74 Å². The summed E-state index contributed by atoms with van der Waals surface area (Å²) in [6, 6.07) is 8.29. The van der Waals surface area contributed by atoms with Crippen molar-refractivity contribution in [1.29, 1.82) is 0 Å². The van der Waals surface area contributed by atoms with Gasteiger partial charge in [-0.25, -0.2) is 0 Å². The maximum absolute atomic E-state index is 5.75. The summed E-state index contributed by atoms with van der Waals surface area (Å²) >= 11 is 0. The van der Waals surface area contributed by atoms with Crippen molar-refractivity contribution in [2.24, 2.45) is 0 Å². The van der Waals surface area contributed by atoms with Gasteiger partial charge in [-0.05, 0) is 24.1 Å². The van der Waals surface area contributed by atoms with Crippen molar-refractivity contribution in [2.45, 2.75) is 39.2 Å². The molecular weight excluding hydrogens is 222 g/mol. The number of nitrogens with one attached hydrogen (secondary N) is 1. The third-order valence-electron chi connectivity index (χ3n) is 2.78. The molecule has 0 fully saturated rings. The summed E-state index contributed by atoms with van der Waals surface area (Å²) in [5.74, 6) is 0.976. The smallest absolute Gasteiger partial charge is 0.119 e. The Labute approximate surface area is 111 Å². The van der Waals surface area contributed by atoms with Crippen LogP contribution in [0.1, 0.15) is 38.2 Å². The van der Waals surface area contributed by atoms with Gasteiger partial charge in [0.05, 0.1) is 6.61 Å². The first-order valence-electron chi connectivity index (χ1n) is 6.90. The van der Waals surface area contributed by atoms with Gasteiger partial charge in [-0.1, -0.05) is 44.4 Å². The number of hydrogen-bond donors (Lipinski definition) is 1. The summed E-state index contributed by atoms with van der Waals surface area (Å²) in [5.41, 5.74) is 1.25. The molecule has 2 heteroatoms. The van der Waals surface area contributed by atoms with Crippen molar-refractivity contribution in [1.82, 2.24) is 5.32 Å². The zero-order valence-electron chi connectivity index (χ0n) is 11.5. The van der Waals surface area contributed by atoms with Gasteiger partial charge >= 0.3 is 0 Å². The van der Waals surface area contributed by atoms with Crippen LogP contribution in [0.25, 0.3) is 0 Å². The van der Waals surface area contributed by atoms with E-state index in [1.54, 1.807) is 0 Å². The van der Waals surface area contributed by atoms with Gasteiger partial charge in [0.2, 0.25) is 0 Å². The van der Waals surface area contributed by atoms with Crippen molar-refractivity contribution in [3.8, 4) is 5.75 Å². The van der Waals surface area contributed by atoms with Crippen molar-refractivity contribution in [2.75, 3.05) is 13.2 Å². The minimum atomic E-state index is 0.823. The van der Waals surface area contributed by atoms with E-state index in [1.165, 1.54) is 24.8 Å². The lowest BCUT2D eigenvalue weighted by Crippen LogP contribution is -2.12. The highest BCUT2D eigenvalue weighted by molar-refractivity contribution is 5.28. The van der Waals surface area contributed by atoms with E-state index in [1.807, 2.05) is 18.2 Å². The normalized spacial score (nSPS) is 10.3. The number of benzene rings is 1. The van der Waals surface area contributed by atoms with E-state index in [-0.39, 0.29) is 0 Å². The fraction of sp³-hybridized carbons (Fsp3) is 0.500. The highest BCUT2D eigenvalue weighted by atomic mass is 16.5. The van der Waals surface area contributed by atoms with Crippen LogP contribution in [0.2, 0.25) is 0 Å². The highest BCUT2D eigenvalue weighted by Crippen LogP contribution is 2.14. The molecule has 0 saturated heterocycles. The van der Waals surface area contributed by atoms with Crippen LogP contribution in [0, 0.1) is 0 Å². The summed E-state index contributed by atoms with van der Waals surface area (Å²) in [7, 11) is 0. The lowest BCUT2D eigenvalue weighted by Gasteiger charge is -2.08. The summed E-state index contributed by atoms with van der Waals surface area (Å²) in [4.78, 5) is 0. The molecule has 2 nitrogen and oxygen atoms in total. The van der Waals surface area contributed by atoms with Gasteiger partial charge in [0.15, 0.2) is 0 Å². The summed E-state index contributed by atoms with van der Waals surface area (Å²) in [6.07, 6.45) is 6.84. The molecular formula is C16H25NO. The lowest BCUT2D eigenvalue weighted by molar-refractivity contribution is 0.304. The maximum Gasteiger partial charge on any atom is 0.119 e. The molecule has 0 heterocycles. The molecule has 0 spiro atoms. The lowest BCUT2D eigenvalue weighted by atomic mass is 10.2. The molecule has 0 aliphatic heterocycles. The van der Waals surface area contributed by atoms with Crippen LogP contribution < -0.4 is 10.1 Å². The molecule has 18 heavy (non-hydrogen) atoms. The average molecular weight is 247 g/mol. The molecule has 1 aromatic rings. The average Bonchev–Trinajstić information content (AvgIpc) is 2.39. The van der Waals surface area contributed by atoms with Crippen LogP contribution in [-0.2, 0) is 6.54 Å². The van der Waals surface area contributed by atoms with Crippen molar-refractivity contribution < 1.29 is 4.74 Å². The first kappa shape index (κ1) is 14.8. The van der Waals surface area contributed by atoms with Crippen LogP contribution in [-0.4, -0.2) is 13.2 Å². The minimum absolute atomic E-state index is 0.823. The molecule has 100 valence electrons. The van der Waals surface area contributed by atoms with E-state index in [0.717, 1.165) is 31.9 Å². The standard InChI is InChI=1S/C16H25NO/c1-3-5-6-7-12-18-16-10-8-9-15(13-16)14-17-11-4-2/h4,8-10,13,17H,2-3,5-7,11-12,14H2,1H3. The third-order valence-corrected chi connectivity index (χ3v) is 2.78.